The first-order valence-corrected chi connectivity index (χ1v) is 11.1. The molecule has 0 spiro atoms. The van der Waals surface area contributed by atoms with Crippen LogP contribution in [0.15, 0.2) is 30.5 Å². The average Bonchev–Trinajstić information content (AvgIpc) is 3.37. The number of benzene rings is 1. The zero-order chi connectivity index (χ0) is 20.6. The molecule has 1 fully saturated rings. The van der Waals surface area contributed by atoms with Crippen LogP contribution in [0.5, 0.6) is 5.75 Å². The Morgan fingerprint density at radius 2 is 2.14 bits per heavy atom. The summed E-state index contributed by atoms with van der Waals surface area (Å²) in [6, 6.07) is 9.54. The van der Waals surface area contributed by atoms with Crippen molar-refractivity contribution in [3.05, 3.63) is 41.6 Å². The van der Waals surface area contributed by atoms with Gasteiger partial charge in [-0.3, -0.25) is 0 Å². The normalized spacial score (nSPS) is 13.8. The van der Waals surface area contributed by atoms with Crippen molar-refractivity contribution in [1.82, 2.24) is 14.6 Å². The number of hydrogen-bond donors (Lipinski definition) is 2. The molecule has 1 aromatic carbocycles. The number of sulfone groups is 1. The highest BCUT2D eigenvalue weighted by molar-refractivity contribution is 7.89. The molecule has 1 aliphatic rings. The van der Waals surface area contributed by atoms with E-state index in [-0.39, 0.29) is 5.75 Å². The largest absolute Gasteiger partial charge is 0.496 e. The fraction of sp³-hybridized carbons (Fsp3) is 0.316. The van der Waals surface area contributed by atoms with E-state index < -0.39 is 9.84 Å². The monoisotopic (exact) mass is 412 g/mol. The Balaban J connectivity index is 1.72. The molecular formula is C19H20N6O3S. The van der Waals surface area contributed by atoms with Gasteiger partial charge in [-0.1, -0.05) is 0 Å². The molecule has 0 unspecified atom stereocenters. The van der Waals surface area contributed by atoms with Crippen molar-refractivity contribution in [2.45, 2.75) is 24.6 Å². The number of ether oxygens (including phenoxy) is 1. The highest BCUT2D eigenvalue weighted by Crippen LogP contribution is 2.29. The van der Waals surface area contributed by atoms with Crippen molar-refractivity contribution in [1.29, 1.82) is 5.26 Å². The highest BCUT2D eigenvalue weighted by atomic mass is 32.2. The first kappa shape index (κ1) is 19.0. The quantitative estimate of drug-likeness (QED) is 0.607. The van der Waals surface area contributed by atoms with E-state index in [0.29, 0.717) is 40.1 Å². The smallest absolute Gasteiger partial charge is 0.177 e. The Hall–Kier alpha value is -3.32. The number of nitrogens with one attached hydrogen (secondary N) is 2. The van der Waals surface area contributed by atoms with E-state index >= 15 is 0 Å². The number of rotatable bonds is 7. The van der Waals surface area contributed by atoms with Gasteiger partial charge >= 0.3 is 0 Å². The van der Waals surface area contributed by atoms with Gasteiger partial charge in [0.15, 0.2) is 15.5 Å². The Morgan fingerprint density at radius 1 is 1.34 bits per heavy atom. The second-order valence-corrected chi connectivity index (χ2v) is 9.21. The van der Waals surface area contributed by atoms with E-state index in [1.165, 1.54) is 19.6 Å². The van der Waals surface area contributed by atoms with Crippen molar-refractivity contribution in [3.8, 4) is 11.8 Å². The first-order valence-electron chi connectivity index (χ1n) is 9.03. The lowest BCUT2D eigenvalue weighted by Gasteiger charge is -2.13. The minimum absolute atomic E-state index is 0.131. The van der Waals surface area contributed by atoms with Gasteiger partial charge in [-0.2, -0.15) is 14.9 Å². The van der Waals surface area contributed by atoms with E-state index in [9.17, 15) is 13.7 Å². The molecule has 4 rings (SSSR count). The molecule has 1 aliphatic carbocycles. The maximum Gasteiger partial charge on any atom is 0.177 e. The molecule has 0 saturated heterocycles. The first-order chi connectivity index (χ1) is 13.9. The Morgan fingerprint density at radius 3 is 2.79 bits per heavy atom. The predicted molar refractivity (Wildman–Crippen MR) is 109 cm³/mol. The molecule has 2 aromatic heterocycles. The summed E-state index contributed by atoms with van der Waals surface area (Å²) in [5, 5.41) is 20.2. The molecule has 9 nitrogen and oxygen atoms in total. The third-order valence-corrected chi connectivity index (χ3v) is 5.33. The van der Waals surface area contributed by atoms with Gasteiger partial charge in [0.1, 0.15) is 29.0 Å². The number of nitriles is 1. The van der Waals surface area contributed by atoms with Crippen LogP contribution in [0.25, 0.3) is 5.65 Å². The Bertz CT molecular complexity index is 1220. The van der Waals surface area contributed by atoms with Gasteiger partial charge in [0.2, 0.25) is 0 Å². The van der Waals surface area contributed by atoms with Gasteiger partial charge in [-0.25, -0.2) is 13.4 Å². The lowest BCUT2D eigenvalue weighted by Crippen LogP contribution is -2.09. The molecule has 150 valence electrons. The topological polar surface area (TPSA) is 121 Å². The van der Waals surface area contributed by atoms with Gasteiger partial charge in [0.05, 0.1) is 19.1 Å². The fourth-order valence-electron chi connectivity index (χ4n) is 3.04. The molecule has 2 heterocycles. The second-order valence-electron chi connectivity index (χ2n) is 7.07. The van der Waals surface area contributed by atoms with E-state index in [1.54, 1.807) is 22.7 Å². The molecule has 3 aromatic rings. The van der Waals surface area contributed by atoms with Crippen LogP contribution in [0, 0.1) is 11.3 Å². The van der Waals surface area contributed by atoms with Crippen LogP contribution in [-0.2, 0) is 15.6 Å². The van der Waals surface area contributed by atoms with E-state index in [4.69, 9.17) is 4.74 Å². The number of fused-ring (bicyclic) bond motifs is 1. The molecule has 0 atom stereocenters. The van der Waals surface area contributed by atoms with Crippen molar-refractivity contribution in [3.63, 3.8) is 0 Å². The number of hydrogen-bond acceptors (Lipinski definition) is 8. The van der Waals surface area contributed by atoms with Crippen molar-refractivity contribution in [2.75, 3.05) is 24.0 Å². The maximum atomic E-state index is 11.7. The number of aromatic nitrogens is 3. The van der Waals surface area contributed by atoms with Crippen LogP contribution in [0.3, 0.4) is 0 Å². The van der Waals surface area contributed by atoms with Gasteiger partial charge in [-0.05, 0) is 31.0 Å². The van der Waals surface area contributed by atoms with Gasteiger partial charge in [0, 0.05) is 29.6 Å². The molecule has 0 aliphatic heterocycles. The summed E-state index contributed by atoms with van der Waals surface area (Å²) in [5.74, 6) is 1.64. The van der Waals surface area contributed by atoms with Crippen LogP contribution in [0.2, 0.25) is 0 Å². The summed E-state index contributed by atoms with van der Waals surface area (Å²) in [6.45, 7) is 0. The summed E-state index contributed by atoms with van der Waals surface area (Å²) >= 11 is 0. The van der Waals surface area contributed by atoms with Gasteiger partial charge < -0.3 is 15.4 Å². The van der Waals surface area contributed by atoms with Crippen LogP contribution < -0.4 is 15.4 Å². The van der Waals surface area contributed by atoms with Crippen LogP contribution in [0.4, 0.5) is 17.3 Å². The molecular weight excluding hydrogens is 392 g/mol. The summed E-state index contributed by atoms with van der Waals surface area (Å²) in [6.07, 6.45) is 4.85. The predicted octanol–water partition coefficient (Wildman–Crippen LogP) is 2.47. The van der Waals surface area contributed by atoms with Crippen molar-refractivity contribution >= 4 is 32.8 Å². The van der Waals surface area contributed by atoms with Crippen molar-refractivity contribution < 1.29 is 13.2 Å². The lowest BCUT2D eigenvalue weighted by atomic mass is 10.2. The number of anilines is 3. The third kappa shape index (κ3) is 4.25. The van der Waals surface area contributed by atoms with Gasteiger partial charge in [0.25, 0.3) is 0 Å². The summed E-state index contributed by atoms with van der Waals surface area (Å²) in [4.78, 5) is 4.51. The Labute approximate surface area is 168 Å². The second kappa shape index (κ2) is 7.25. The average molecular weight is 412 g/mol. The van der Waals surface area contributed by atoms with Crippen molar-refractivity contribution in [2.24, 2.45) is 0 Å². The zero-order valence-electron chi connectivity index (χ0n) is 16.0. The summed E-state index contributed by atoms with van der Waals surface area (Å²) in [5.41, 5.74) is 2.04. The maximum absolute atomic E-state index is 11.7. The van der Waals surface area contributed by atoms with Crippen LogP contribution in [0.1, 0.15) is 24.0 Å². The Kier molecular flexibility index (Phi) is 4.76. The summed E-state index contributed by atoms with van der Waals surface area (Å²) < 4.78 is 30.4. The molecule has 1 saturated carbocycles. The number of nitrogens with zero attached hydrogens (tertiary/aromatic N) is 4. The number of methoxy groups -OCH3 is 1. The van der Waals surface area contributed by atoms with Crippen LogP contribution >= 0.6 is 0 Å². The fourth-order valence-corrected chi connectivity index (χ4v) is 3.84. The minimum Gasteiger partial charge on any atom is -0.496 e. The van der Waals surface area contributed by atoms with E-state index in [1.807, 2.05) is 6.07 Å². The highest BCUT2D eigenvalue weighted by Gasteiger charge is 2.23. The summed E-state index contributed by atoms with van der Waals surface area (Å²) in [7, 11) is -1.72. The zero-order valence-corrected chi connectivity index (χ0v) is 16.8. The SMILES string of the molecule is COc1ccc(Nc2cc(NC3CC3)n3ncc(C#N)c3n2)cc1CS(C)(=O)=O. The standard InChI is InChI=1S/C19H20N6O3S/c1-28-16-6-5-15(7-12(16)11-29(2,26)27)22-17-8-18(23-14-3-4-14)25-19(24-17)13(9-20)10-21-25/h5-8,10,14,23H,3-4,11H2,1-2H3,(H,22,24). The van der Waals surface area contributed by atoms with Crippen LogP contribution in [-0.4, -0.2) is 42.4 Å². The third-order valence-electron chi connectivity index (χ3n) is 4.49. The molecule has 10 heteroatoms. The molecule has 0 radical (unpaired) electrons. The van der Waals surface area contributed by atoms with E-state index in [0.717, 1.165) is 18.7 Å². The molecule has 0 bridgehead atoms. The minimum atomic E-state index is -3.22. The molecule has 29 heavy (non-hydrogen) atoms. The van der Waals surface area contributed by atoms with E-state index in [2.05, 4.69) is 26.8 Å². The molecule has 0 amide bonds. The van der Waals surface area contributed by atoms with Gasteiger partial charge in [-0.15, -0.1) is 0 Å². The lowest BCUT2D eigenvalue weighted by molar-refractivity contribution is 0.411. The molecule has 2 N–H and O–H groups in total.